The lowest BCUT2D eigenvalue weighted by molar-refractivity contribution is -0.134. The minimum atomic E-state index is 0.00835. The van der Waals surface area contributed by atoms with Crippen molar-refractivity contribution < 1.29 is 14.3 Å². The number of ether oxygens (including phenoxy) is 1. The molecule has 114 valence electrons. The van der Waals surface area contributed by atoms with E-state index in [-0.39, 0.29) is 12.5 Å². The molecule has 21 heavy (non-hydrogen) atoms. The lowest BCUT2D eigenvalue weighted by Crippen LogP contribution is -2.41. The smallest absolute Gasteiger partial charge is 0.260 e. The highest BCUT2D eigenvalue weighted by Gasteiger charge is 2.24. The van der Waals surface area contributed by atoms with Gasteiger partial charge in [-0.3, -0.25) is 9.59 Å². The highest BCUT2D eigenvalue weighted by molar-refractivity contribution is 5.78. The van der Waals surface area contributed by atoms with E-state index in [1.807, 2.05) is 11.9 Å². The van der Waals surface area contributed by atoms with Gasteiger partial charge in [-0.15, -0.1) is 0 Å². The van der Waals surface area contributed by atoms with Crippen LogP contribution in [0.25, 0.3) is 0 Å². The Morgan fingerprint density at radius 1 is 1.24 bits per heavy atom. The lowest BCUT2D eigenvalue weighted by Gasteiger charge is -2.33. The van der Waals surface area contributed by atoms with Crippen LogP contribution in [0.1, 0.15) is 43.0 Å². The molecular formula is C17H23NO3. The van der Waals surface area contributed by atoms with Gasteiger partial charge in [0.25, 0.3) is 5.91 Å². The van der Waals surface area contributed by atoms with Crippen LogP contribution in [-0.2, 0) is 4.79 Å². The molecule has 2 rings (SSSR count). The number of aldehydes is 1. The predicted molar refractivity (Wildman–Crippen MR) is 81.5 cm³/mol. The van der Waals surface area contributed by atoms with Crippen molar-refractivity contribution in [2.45, 2.75) is 38.6 Å². The topological polar surface area (TPSA) is 46.6 Å². The van der Waals surface area contributed by atoms with E-state index in [1.165, 1.54) is 12.8 Å². The minimum absolute atomic E-state index is 0.00835. The zero-order valence-electron chi connectivity index (χ0n) is 12.7. The summed E-state index contributed by atoms with van der Waals surface area (Å²) in [5, 5.41) is 0. The van der Waals surface area contributed by atoms with Crippen LogP contribution >= 0.6 is 0 Å². The third-order valence-corrected chi connectivity index (χ3v) is 4.30. The molecule has 4 nitrogen and oxygen atoms in total. The number of nitrogens with zero attached hydrogens (tertiary/aromatic N) is 1. The summed E-state index contributed by atoms with van der Waals surface area (Å²) in [4.78, 5) is 24.6. The van der Waals surface area contributed by atoms with E-state index in [0.717, 1.165) is 25.0 Å². The van der Waals surface area contributed by atoms with Gasteiger partial charge in [0.05, 0.1) is 0 Å². The summed E-state index contributed by atoms with van der Waals surface area (Å²) in [5.41, 5.74) is 0.599. The molecule has 4 heteroatoms. The fraction of sp³-hybridized carbons (Fsp3) is 0.529. The third kappa shape index (κ3) is 4.31. The largest absolute Gasteiger partial charge is 0.484 e. The molecule has 0 saturated heterocycles. The molecule has 0 bridgehead atoms. The molecule has 0 aliphatic heterocycles. The van der Waals surface area contributed by atoms with Gasteiger partial charge in [-0.2, -0.15) is 0 Å². The molecule has 0 heterocycles. The van der Waals surface area contributed by atoms with E-state index < -0.39 is 0 Å². The quantitative estimate of drug-likeness (QED) is 0.783. The first-order valence-corrected chi connectivity index (χ1v) is 7.54. The van der Waals surface area contributed by atoms with Crippen molar-refractivity contribution in [3.63, 3.8) is 0 Å². The van der Waals surface area contributed by atoms with Gasteiger partial charge in [-0.25, -0.2) is 0 Å². The van der Waals surface area contributed by atoms with E-state index in [4.69, 9.17) is 4.74 Å². The average Bonchev–Trinajstić information content (AvgIpc) is 2.53. The van der Waals surface area contributed by atoms with Crippen molar-refractivity contribution in [3.05, 3.63) is 29.8 Å². The van der Waals surface area contributed by atoms with Crippen LogP contribution < -0.4 is 4.74 Å². The van der Waals surface area contributed by atoms with Gasteiger partial charge in [0.2, 0.25) is 0 Å². The van der Waals surface area contributed by atoms with Gasteiger partial charge >= 0.3 is 0 Å². The van der Waals surface area contributed by atoms with E-state index >= 15 is 0 Å². The second kappa shape index (κ2) is 7.25. The van der Waals surface area contributed by atoms with Crippen molar-refractivity contribution in [2.75, 3.05) is 13.7 Å². The first-order chi connectivity index (χ1) is 10.1. The third-order valence-electron chi connectivity index (χ3n) is 4.30. The van der Waals surface area contributed by atoms with Gasteiger partial charge in [0, 0.05) is 18.7 Å². The van der Waals surface area contributed by atoms with Crippen LogP contribution in [0.3, 0.4) is 0 Å². The Kier molecular flexibility index (Phi) is 5.37. The Morgan fingerprint density at radius 3 is 2.43 bits per heavy atom. The van der Waals surface area contributed by atoms with Crippen molar-refractivity contribution in [1.29, 1.82) is 0 Å². The van der Waals surface area contributed by atoms with E-state index in [9.17, 15) is 9.59 Å². The Morgan fingerprint density at radius 2 is 1.86 bits per heavy atom. The Bertz CT molecular complexity index is 475. The normalized spacial score (nSPS) is 21.6. The maximum Gasteiger partial charge on any atom is 0.260 e. The van der Waals surface area contributed by atoms with Crippen LogP contribution in [-0.4, -0.2) is 36.8 Å². The summed E-state index contributed by atoms with van der Waals surface area (Å²) in [5.74, 6) is 1.39. The summed E-state index contributed by atoms with van der Waals surface area (Å²) in [6.45, 7) is 2.31. The lowest BCUT2D eigenvalue weighted by atomic mass is 9.87. The molecule has 1 aliphatic carbocycles. The molecule has 1 aromatic carbocycles. The maximum absolute atomic E-state index is 12.2. The fourth-order valence-corrected chi connectivity index (χ4v) is 2.72. The average molecular weight is 289 g/mol. The molecule has 1 fully saturated rings. The number of hydrogen-bond acceptors (Lipinski definition) is 3. The molecule has 0 N–H and O–H groups in total. The van der Waals surface area contributed by atoms with Gasteiger partial charge in [0.15, 0.2) is 6.61 Å². The zero-order chi connectivity index (χ0) is 15.2. The summed E-state index contributed by atoms with van der Waals surface area (Å²) < 4.78 is 5.49. The maximum atomic E-state index is 12.2. The molecule has 1 saturated carbocycles. The Balaban J connectivity index is 1.81. The van der Waals surface area contributed by atoms with Crippen molar-refractivity contribution in [3.8, 4) is 5.75 Å². The van der Waals surface area contributed by atoms with Gasteiger partial charge in [-0.05, 0) is 55.9 Å². The standard InChI is InChI=1S/C17H23NO3/c1-13-3-7-15(8-4-13)18(2)17(20)12-21-16-9-5-14(11-19)6-10-16/h5-6,9-11,13,15H,3-4,7-8,12H2,1-2H3. The SMILES string of the molecule is CC1CCC(N(C)C(=O)COc2ccc(C=O)cc2)CC1. The van der Waals surface area contributed by atoms with E-state index in [2.05, 4.69) is 6.92 Å². The van der Waals surface area contributed by atoms with Crippen LogP contribution in [0.2, 0.25) is 0 Å². The number of carbonyl (C=O) groups is 2. The monoisotopic (exact) mass is 289 g/mol. The molecule has 0 atom stereocenters. The van der Waals surface area contributed by atoms with E-state index in [0.29, 0.717) is 17.4 Å². The summed E-state index contributed by atoms with van der Waals surface area (Å²) >= 11 is 0. The molecule has 0 spiro atoms. The second-order valence-corrected chi connectivity index (χ2v) is 5.89. The van der Waals surface area contributed by atoms with Crippen molar-refractivity contribution >= 4 is 12.2 Å². The molecule has 0 unspecified atom stereocenters. The first-order valence-electron chi connectivity index (χ1n) is 7.54. The summed E-state index contributed by atoms with van der Waals surface area (Å²) in [6.07, 6.45) is 5.33. The molecule has 1 aliphatic rings. The number of likely N-dealkylation sites (N-methyl/N-ethyl adjacent to an activating group) is 1. The Labute approximate surface area is 126 Å². The van der Waals surface area contributed by atoms with Crippen LogP contribution in [0.15, 0.2) is 24.3 Å². The number of hydrogen-bond donors (Lipinski definition) is 0. The van der Waals surface area contributed by atoms with Gasteiger partial charge in [0.1, 0.15) is 12.0 Å². The molecular weight excluding hydrogens is 266 g/mol. The minimum Gasteiger partial charge on any atom is -0.484 e. The molecule has 0 radical (unpaired) electrons. The predicted octanol–water partition coefficient (Wildman–Crippen LogP) is 2.92. The highest BCUT2D eigenvalue weighted by Crippen LogP contribution is 2.26. The van der Waals surface area contributed by atoms with Crippen LogP contribution in [0.5, 0.6) is 5.75 Å². The summed E-state index contributed by atoms with van der Waals surface area (Å²) in [6, 6.07) is 7.12. The van der Waals surface area contributed by atoms with Crippen LogP contribution in [0.4, 0.5) is 0 Å². The highest BCUT2D eigenvalue weighted by atomic mass is 16.5. The number of benzene rings is 1. The van der Waals surface area contributed by atoms with Crippen molar-refractivity contribution in [1.82, 2.24) is 4.90 Å². The van der Waals surface area contributed by atoms with Gasteiger partial charge in [-0.1, -0.05) is 6.92 Å². The van der Waals surface area contributed by atoms with Crippen molar-refractivity contribution in [2.24, 2.45) is 5.92 Å². The van der Waals surface area contributed by atoms with Gasteiger partial charge < -0.3 is 9.64 Å². The molecule has 1 amide bonds. The Hall–Kier alpha value is -1.84. The fourth-order valence-electron chi connectivity index (χ4n) is 2.72. The molecule has 1 aromatic rings. The summed E-state index contributed by atoms with van der Waals surface area (Å²) in [7, 11) is 1.86. The molecule has 0 aromatic heterocycles. The van der Waals surface area contributed by atoms with Crippen LogP contribution in [0, 0.1) is 5.92 Å². The first kappa shape index (κ1) is 15.5. The van der Waals surface area contributed by atoms with E-state index in [1.54, 1.807) is 24.3 Å². The number of carbonyl (C=O) groups excluding carboxylic acids is 2. The number of amides is 1. The second-order valence-electron chi connectivity index (χ2n) is 5.89. The number of rotatable bonds is 5. The zero-order valence-corrected chi connectivity index (χ0v) is 12.7.